The topological polar surface area (TPSA) is 37.8 Å². The lowest BCUT2D eigenvalue weighted by molar-refractivity contribution is 0.740. The lowest BCUT2D eigenvalue weighted by atomic mass is 10.2. The molecule has 0 aliphatic carbocycles. The maximum Gasteiger partial charge on any atom is 0.137 e. The normalized spacial score (nSPS) is 10.6. The zero-order valence-electron chi connectivity index (χ0n) is 11.0. The summed E-state index contributed by atoms with van der Waals surface area (Å²) in [5.41, 5.74) is 0.947. The lowest BCUT2D eigenvalue weighted by Gasteiger charge is -2.10. The first-order valence-corrected chi connectivity index (χ1v) is 6.83. The molecule has 17 heavy (non-hydrogen) atoms. The van der Waals surface area contributed by atoms with E-state index < -0.39 is 0 Å². The first-order valence-electron chi connectivity index (χ1n) is 6.45. The Bertz CT molecular complexity index is 353. The molecule has 0 radical (unpaired) electrons. The smallest absolute Gasteiger partial charge is 0.137 e. The summed E-state index contributed by atoms with van der Waals surface area (Å²) in [6.45, 7) is 7.23. The second-order valence-corrected chi connectivity index (χ2v) is 4.65. The van der Waals surface area contributed by atoms with Gasteiger partial charge >= 0.3 is 0 Å². The monoisotopic (exact) mass is 255 g/mol. The second-order valence-electron chi connectivity index (χ2n) is 4.29. The zero-order valence-corrected chi connectivity index (χ0v) is 11.8. The van der Waals surface area contributed by atoms with Crippen molar-refractivity contribution in [3.8, 4) is 0 Å². The molecule has 1 N–H and O–H groups in total. The molecule has 0 amide bonds. The largest absolute Gasteiger partial charge is 0.370 e. The summed E-state index contributed by atoms with van der Waals surface area (Å²) in [6.07, 6.45) is 5.55. The van der Waals surface area contributed by atoms with E-state index in [1.165, 1.54) is 19.3 Å². The third kappa shape index (κ3) is 4.50. The molecule has 0 aromatic carbocycles. The van der Waals surface area contributed by atoms with Gasteiger partial charge in [0.25, 0.3) is 0 Å². The predicted molar refractivity (Wildman–Crippen MR) is 73.8 cm³/mol. The molecule has 0 saturated heterocycles. The minimum absolute atomic E-state index is 0.571. The van der Waals surface area contributed by atoms with E-state index in [2.05, 4.69) is 29.1 Å². The minimum atomic E-state index is 0.571. The van der Waals surface area contributed by atoms with Crippen molar-refractivity contribution in [1.29, 1.82) is 0 Å². The van der Waals surface area contributed by atoms with Gasteiger partial charge in [-0.15, -0.1) is 0 Å². The highest BCUT2D eigenvalue weighted by Crippen LogP contribution is 2.20. The van der Waals surface area contributed by atoms with E-state index in [1.54, 1.807) is 0 Å². The van der Waals surface area contributed by atoms with Crippen molar-refractivity contribution in [2.45, 2.75) is 52.9 Å². The highest BCUT2D eigenvalue weighted by atomic mass is 35.5. The molecule has 1 heterocycles. The Morgan fingerprint density at radius 2 is 1.88 bits per heavy atom. The van der Waals surface area contributed by atoms with Crippen molar-refractivity contribution >= 4 is 17.4 Å². The summed E-state index contributed by atoms with van der Waals surface area (Å²) in [5.74, 6) is 1.73. The summed E-state index contributed by atoms with van der Waals surface area (Å²) in [5, 5.41) is 3.92. The van der Waals surface area contributed by atoms with Gasteiger partial charge in [0.1, 0.15) is 16.8 Å². The van der Waals surface area contributed by atoms with Gasteiger partial charge in [-0.25, -0.2) is 9.97 Å². The maximum absolute atomic E-state index is 6.10. The van der Waals surface area contributed by atoms with Crippen LogP contribution in [0, 0.1) is 6.92 Å². The molecule has 96 valence electrons. The zero-order chi connectivity index (χ0) is 12.7. The van der Waals surface area contributed by atoms with Crippen molar-refractivity contribution < 1.29 is 0 Å². The van der Waals surface area contributed by atoms with Crippen LogP contribution in [0.1, 0.15) is 50.9 Å². The number of aryl methyl sites for hydroxylation is 1. The number of nitrogens with one attached hydrogen (secondary N) is 1. The van der Waals surface area contributed by atoms with Crippen LogP contribution in [0.5, 0.6) is 0 Å². The Morgan fingerprint density at radius 1 is 1.12 bits per heavy atom. The average molecular weight is 256 g/mol. The molecule has 0 bridgehead atoms. The quantitative estimate of drug-likeness (QED) is 0.591. The van der Waals surface area contributed by atoms with Gasteiger partial charge in [-0.05, 0) is 19.8 Å². The summed E-state index contributed by atoms with van der Waals surface area (Å²) in [6, 6.07) is 0. The van der Waals surface area contributed by atoms with E-state index in [0.29, 0.717) is 5.15 Å². The molecular weight excluding hydrogens is 234 g/mol. The standard InChI is InChI=1S/C13H22ClN3/c1-4-6-7-9-15-13-10(3)12(14)16-11(17-13)8-5-2/h4-9H2,1-3H3,(H,15,16,17). The first kappa shape index (κ1) is 14.2. The van der Waals surface area contributed by atoms with Crippen molar-refractivity contribution in [1.82, 2.24) is 9.97 Å². The third-order valence-electron chi connectivity index (χ3n) is 2.68. The second kappa shape index (κ2) is 7.49. The van der Waals surface area contributed by atoms with Crippen LogP contribution in [-0.2, 0) is 6.42 Å². The van der Waals surface area contributed by atoms with Crippen LogP contribution in [-0.4, -0.2) is 16.5 Å². The number of halogens is 1. The van der Waals surface area contributed by atoms with Gasteiger partial charge < -0.3 is 5.32 Å². The molecular formula is C13H22ClN3. The number of unbranched alkanes of at least 4 members (excludes halogenated alkanes) is 2. The van der Waals surface area contributed by atoms with Crippen LogP contribution in [0.4, 0.5) is 5.82 Å². The van der Waals surface area contributed by atoms with Crippen LogP contribution in [0.15, 0.2) is 0 Å². The van der Waals surface area contributed by atoms with Crippen LogP contribution in [0.25, 0.3) is 0 Å². The number of nitrogens with zero attached hydrogens (tertiary/aromatic N) is 2. The molecule has 3 nitrogen and oxygen atoms in total. The van der Waals surface area contributed by atoms with Crippen molar-refractivity contribution in [2.24, 2.45) is 0 Å². The maximum atomic E-state index is 6.10. The fourth-order valence-electron chi connectivity index (χ4n) is 1.62. The molecule has 0 aliphatic heterocycles. The molecule has 0 unspecified atom stereocenters. The number of hydrogen-bond donors (Lipinski definition) is 1. The Morgan fingerprint density at radius 3 is 2.53 bits per heavy atom. The first-order chi connectivity index (χ1) is 8.19. The fourth-order valence-corrected chi connectivity index (χ4v) is 1.81. The summed E-state index contributed by atoms with van der Waals surface area (Å²) < 4.78 is 0. The van der Waals surface area contributed by atoms with E-state index in [9.17, 15) is 0 Å². The molecule has 0 spiro atoms. The molecule has 1 aromatic rings. The molecule has 0 aliphatic rings. The van der Waals surface area contributed by atoms with Gasteiger partial charge in [0, 0.05) is 18.5 Å². The summed E-state index contributed by atoms with van der Waals surface area (Å²) >= 11 is 6.10. The van der Waals surface area contributed by atoms with E-state index in [4.69, 9.17) is 11.6 Å². The average Bonchev–Trinajstić information content (AvgIpc) is 2.31. The minimum Gasteiger partial charge on any atom is -0.370 e. The van der Waals surface area contributed by atoms with Crippen LogP contribution in [0.2, 0.25) is 5.15 Å². The Labute approximate surface area is 109 Å². The van der Waals surface area contributed by atoms with Crippen molar-refractivity contribution in [3.63, 3.8) is 0 Å². The van der Waals surface area contributed by atoms with Gasteiger partial charge in [0.15, 0.2) is 0 Å². The van der Waals surface area contributed by atoms with Gasteiger partial charge in [0.2, 0.25) is 0 Å². The molecule has 0 fully saturated rings. The van der Waals surface area contributed by atoms with Crippen LogP contribution in [0.3, 0.4) is 0 Å². The van der Waals surface area contributed by atoms with Crippen LogP contribution < -0.4 is 5.32 Å². The number of rotatable bonds is 7. The highest BCUT2D eigenvalue weighted by molar-refractivity contribution is 6.30. The number of anilines is 1. The Hall–Kier alpha value is -0.830. The number of aromatic nitrogens is 2. The Kier molecular flexibility index (Phi) is 6.27. The van der Waals surface area contributed by atoms with E-state index in [0.717, 1.165) is 36.6 Å². The SMILES string of the molecule is CCCCCNc1nc(CCC)nc(Cl)c1C. The van der Waals surface area contributed by atoms with Crippen LogP contribution >= 0.6 is 11.6 Å². The fraction of sp³-hybridized carbons (Fsp3) is 0.692. The summed E-state index contributed by atoms with van der Waals surface area (Å²) in [7, 11) is 0. The number of hydrogen-bond acceptors (Lipinski definition) is 3. The third-order valence-corrected chi connectivity index (χ3v) is 3.05. The highest BCUT2D eigenvalue weighted by Gasteiger charge is 2.08. The van der Waals surface area contributed by atoms with E-state index in [-0.39, 0.29) is 0 Å². The molecule has 0 atom stereocenters. The van der Waals surface area contributed by atoms with Gasteiger partial charge in [0.05, 0.1) is 0 Å². The van der Waals surface area contributed by atoms with E-state index >= 15 is 0 Å². The molecule has 4 heteroatoms. The van der Waals surface area contributed by atoms with E-state index in [1.807, 2.05) is 6.92 Å². The van der Waals surface area contributed by atoms with Crippen molar-refractivity contribution in [2.75, 3.05) is 11.9 Å². The Balaban J connectivity index is 2.68. The molecule has 1 rings (SSSR count). The van der Waals surface area contributed by atoms with Crippen molar-refractivity contribution in [3.05, 3.63) is 16.5 Å². The molecule has 0 saturated carbocycles. The molecule has 1 aromatic heterocycles. The van der Waals surface area contributed by atoms with Gasteiger partial charge in [-0.2, -0.15) is 0 Å². The lowest BCUT2D eigenvalue weighted by Crippen LogP contribution is -2.08. The van der Waals surface area contributed by atoms with Gasteiger partial charge in [-0.3, -0.25) is 0 Å². The predicted octanol–water partition coefficient (Wildman–Crippen LogP) is 3.99. The van der Waals surface area contributed by atoms with Gasteiger partial charge in [-0.1, -0.05) is 38.3 Å². The summed E-state index contributed by atoms with van der Waals surface area (Å²) in [4.78, 5) is 8.80.